The second kappa shape index (κ2) is 13.3. The topological polar surface area (TPSA) is 89.4 Å². The smallest absolute Gasteiger partial charge is 0.341 e. The average molecular weight is 631 g/mol. The van der Waals surface area contributed by atoms with Crippen molar-refractivity contribution in [3.8, 4) is 0 Å². The zero-order chi connectivity index (χ0) is 28.9. The van der Waals surface area contributed by atoms with E-state index < -0.39 is 0 Å². The molecule has 11 heteroatoms. The number of para-hydroxylation sites is 1. The van der Waals surface area contributed by atoms with E-state index in [1.807, 2.05) is 30.5 Å². The number of thiophene rings is 1. The number of thioether (sulfide) groups is 1. The highest BCUT2D eigenvalue weighted by atomic mass is 35.5. The van der Waals surface area contributed by atoms with Crippen molar-refractivity contribution in [1.29, 1.82) is 0 Å². The Labute approximate surface area is 256 Å². The molecule has 7 nitrogen and oxygen atoms in total. The number of aromatic nitrogens is 1. The normalized spacial score (nSPS) is 12.7. The highest BCUT2D eigenvalue weighted by molar-refractivity contribution is 8.00. The highest BCUT2D eigenvalue weighted by Crippen LogP contribution is 2.39. The molecule has 2 heterocycles. The number of hydrogen-bond donors (Lipinski definition) is 2. The Hall–Kier alpha value is -2.98. The quantitative estimate of drug-likeness (QED) is 0.143. The number of carbonyl (C=O) groups is 3. The van der Waals surface area contributed by atoms with Gasteiger partial charge in [-0.25, -0.2) is 4.79 Å². The SMILES string of the molecule is CCOC(=O)c1c(NC(=O)CSc2cn(CCNC(=O)c3ccc(Cl)cc3Cl)c3ccccc23)sc2c1CCCC2. The van der Waals surface area contributed by atoms with Crippen molar-refractivity contribution in [2.24, 2.45) is 0 Å². The maximum absolute atomic E-state index is 13.1. The van der Waals surface area contributed by atoms with Gasteiger partial charge >= 0.3 is 5.97 Å². The molecule has 0 aliphatic heterocycles. The fourth-order valence-electron chi connectivity index (χ4n) is 4.95. The molecule has 1 aliphatic rings. The van der Waals surface area contributed by atoms with Gasteiger partial charge in [0.2, 0.25) is 5.91 Å². The van der Waals surface area contributed by atoms with Crippen LogP contribution in [0, 0.1) is 0 Å². The number of rotatable bonds is 10. The number of amides is 2. The van der Waals surface area contributed by atoms with Gasteiger partial charge in [-0.3, -0.25) is 9.59 Å². The van der Waals surface area contributed by atoms with Crippen molar-refractivity contribution in [3.63, 3.8) is 0 Å². The van der Waals surface area contributed by atoms with E-state index in [2.05, 4.69) is 15.2 Å². The van der Waals surface area contributed by atoms with Gasteiger partial charge in [0.1, 0.15) is 5.00 Å². The predicted molar refractivity (Wildman–Crippen MR) is 167 cm³/mol. The summed E-state index contributed by atoms with van der Waals surface area (Å²) in [6.45, 7) is 3.00. The molecule has 214 valence electrons. The third-order valence-corrected chi connectivity index (χ3v) is 9.63. The fourth-order valence-corrected chi connectivity index (χ4v) is 7.63. The van der Waals surface area contributed by atoms with Gasteiger partial charge in [-0.2, -0.15) is 0 Å². The molecule has 2 aromatic heterocycles. The van der Waals surface area contributed by atoms with E-state index in [-0.39, 0.29) is 30.1 Å². The number of nitrogens with zero attached hydrogens (tertiary/aromatic N) is 1. The lowest BCUT2D eigenvalue weighted by Gasteiger charge is -2.12. The van der Waals surface area contributed by atoms with Gasteiger partial charge in [0, 0.05) is 45.0 Å². The molecule has 5 rings (SSSR count). The summed E-state index contributed by atoms with van der Waals surface area (Å²) < 4.78 is 7.37. The van der Waals surface area contributed by atoms with Crippen molar-refractivity contribution in [3.05, 3.63) is 80.3 Å². The second-order valence-electron chi connectivity index (χ2n) is 9.56. The molecule has 0 unspecified atom stereocenters. The summed E-state index contributed by atoms with van der Waals surface area (Å²) in [5.74, 6) is -0.636. The Morgan fingerprint density at radius 3 is 2.71 bits per heavy atom. The van der Waals surface area contributed by atoms with Crippen LogP contribution in [-0.4, -0.2) is 41.3 Å². The summed E-state index contributed by atoms with van der Waals surface area (Å²) in [4.78, 5) is 40.5. The minimum atomic E-state index is -0.372. The van der Waals surface area contributed by atoms with Gasteiger partial charge in [-0.1, -0.05) is 41.4 Å². The maximum atomic E-state index is 13.1. The van der Waals surface area contributed by atoms with Crippen molar-refractivity contribution >= 4 is 80.0 Å². The van der Waals surface area contributed by atoms with Crippen LogP contribution in [0.5, 0.6) is 0 Å². The number of nitrogens with one attached hydrogen (secondary N) is 2. The van der Waals surface area contributed by atoms with Crippen LogP contribution in [0.3, 0.4) is 0 Å². The Kier molecular flexibility index (Phi) is 9.60. The van der Waals surface area contributed by atoms with E-state index in [9.17, 15) is 14.4 Å². The number of carbonyl (C=O) groups excluding carboxylic acids is 3. The third kappa shape index (κ3) is 6.75. The average Bonchev–Trinajstić information content (AvgIpc) is 3.49. The van der Waals surface area contributed by atoms with Crippen LogP contribution in [0.1, 0.15) is 50.9 Å². The molecule has 0 spiro atoms. The fraction of sp³-hybridized carbons (Fsp3) is 0.300. The highest BCUT2D eigenvalue weighted by Gasteiger charge is 2.27. The van der Waals surface area contributed by atoms with E-state index in [1.165, 1.54) is 23.1 Å². The lowest BCUT2D eigenvalue weighted by Crippen LogP contribution is -2.27. The first-order valence-electron chi connectivity index (χ1n) is 13.4. The van der Waals surface area contributed by atoms with Crippen LogP contribution in [0.2, 0.25) is 10.0 Å². The number of esters is 1. The van der Waals surface area contributed by atoms with Gasteiger partial charge in [0.25, 0.3) is 5.91 Å². The summed E-state index contributed by atoms with van der Waals surface area (Å²) in [6.07, 6.45) is 5.86. The monoisotopic (exact) mass is 629 g/mol. The molecular weight excluding hydrogens is 601 g/mol. The van der Waals surface area contributed by atoms with Crippen molar-refractivity contribution in [1.82, 2.24) is 9.88 Å². The van der Waals surface area contributed by atoms with Crippen LogP contribution in [0.4, 0.5) is 5.00 Å². The van der Waals surface area contributed by atoms with E-state index in [0.29, 0.717) is 39.3 Å². The van der Waals surface area contributed by atoms with Crippen LogP contribution in [0.25, 0.3) is 10.9 Å². The van der Waals surface area contributed by atoms with Crippen molar-refractivity contribution < 1.29 is 19.1 Å². The lowest BCUT2D eigenvalue weighted by molar-refractivity contribution is -0.113. The maximum Gasteiger partial charge on any atom is 0.341 e. The number of hydrogen-bond acceptors (Lipinski definition) is 6. The number of halogens is 2. The van der Waals surface area contributed by atoms with Gasteiger partial charge < -0.3 is 19.9 Å². The zero-order valence-corrected chi connectivity index (χ0v) is 25.6. The molecule has 1 aliphatic carbocycles. The number of aryl methyl sites for hydroxylation is 1. The van der Waals surface area contributed by atoms with Gasteiger partial charge in [-0.05, 0) is 62.4 Å². The lowest BCUT2D eigenvalue weighted by atomic mass is 9.95. The van der Waals surface area contributed by atoms with Gasteiger partial charge in [0.15, 0.2) is 0 Å². The van der Waals surface area contributed by atoms with Crippen molar-refractivity contribution in [2.75, 3.05) is 24.2 Å². The Morgan fingerprint density at radius 1 is 1.10 bits per heavy atom. The molecule has 0 radical (unpaired) electrons. The molecular formula is C30H29Cl2N3O4S2. The molecule has 4 aromatic rings. The van der Waals surface area contributed by atoms with Crippen LogP contribution >= 0.6 is 46.3 Å². The van der Waals surface area contributed by atoms with Gasteiger partial charge in [0.05, 0.1) is 28.5 Å². The van der Waals surface area contributed by atoms with Crippen LogP contribution in [-0.2, 0) is 28.9 Å². The number of ether oxygens (including phenoxy) is 1. The molecule has 0 saturated carbocycles. The first-order chi connectivity index (χ1) is 19.9. The second-order valence-corrected chi connectivity index (χ2v) is 12.5. The standard InChI is InChI=1S/C30H29Cl2N3O4S2/c1-2-39-30(38)27-21-8-4-6-10-24(21)41-29(27)34-26(36)17-40-25-16-35(23-9-5-3-7-20(23)25)14-13-33-28(37)19-12-11-18(31)15-22(19)32/h3,5,7,9,11-12,15-16H,2,4,6,8,10,13-14,17H2,1H3,(H,33,37)(H,34,36). The molecule has 0 saturated heterocycles. The summed E-state index contributed by atoms with van der Waals surface area (Å²) >= 11 is 15.0. The minimum Gasteiger partial charge on any atom is -0.462 e. The molecule has 2 N–H and O–H groups in total. The van der Waals surface area contributed by atoms with E-state index in [4.69, 9.17) is 27.9 Å². The molecule has 2 aromatic carbocycles. The number of benzene rings is 2. The Morgan fingerprint density at radius 2 is 1.90 bits per heavy atom. The molecule has 0 atom stereocenters. The number of fused-ring (bicyclic) bond motifs is 2. The summed E-state index contributed by atoms with van der Waals surface area (Å²) in [5.41, 5.74) is 2.91. The first kappa shape index (κ1) is 29.5. The number of anilines is 1. The largest absolute Gasteiger partial charge is 0.462 e. The van der Waals surface area contributed by atoms with Gasteiger partial charge in [-0.15, -0.1) is 23.1 Å². The van der Waals surface area contributed by atoms with E-state index >= 15 is 0 Å². The molecule has 41 heavy (non-hydrogen) atoms. The summed E-state index contributed by atoms with van der Waals surface area (Å²) in [7, 11) is 0. The minimum absolute atomic E-state index is 0.178. The van der Waals surface area contributed by atoms with E-state index in [0.717, 1.165) is 51.9 Å². The zero-order valence-electron chi connectivity index (χ0n) is 22.4. The summed E-state index contributed by atoms with van der Waals surface area (Å²) in [5, 5.41) is 8.27. The van der Waals surface area contributed by atoms with E-state index in [1.54, 1.807) is 25.1 Å². The van der Waals surface area contributed by atoms with Crippen LogP contribution in [0.15, 0.2) is 53.6 Å². The third-order valence-electron chi connectivity index (χ3n) is 6.83. The van der Waals surface area contributed by atoms with Crippen LogP contribution < -0.4 is 10.6 Å². The molecule has 0 fully saturated rings. The Balaban J connectivity index is 1.24. The first-order valence-corrected chi connectivity index (χ1v) is 16.0. The molecule has 0 bridgehead atoms. The molecule has 2 amide bonds. The predicted octanol–water partition coefficient (Wildman–Crippen LogP) is 7.23. The summed E-state index contributed by atoms with van der Waals surface area (Å²) in [6, 6.07) is 12.7. The Bertz CT molecular complexity index is 1610. The van der Waals surface area contributed by atoms with Crippen molar-refractivity contribution in [2.45, 2.75) is 44.0 Å².